The van der Waals surface area contributed by atoms with Crippen LogP contribution in [0.2, 0.25) is 0 Å². The van der Waals surface area contributed by atoms with E-state index in [4.69, 9.17) is 5.73 Å². The van der Waals surface area contributed by atoms with Crippen molar-refractivity contribution < 1.29 is 4.79 Å². The van der Waals surface area contributed by atoms with E-state index in [-0.39, 0.29) is 29.4 Å². The smallest absolute Gasteiger partial charge is 0.260 e. The number of H-pyrrole nitrogens is 1. The fraction of sp³-hybridized carbons (Fsp3) is 0.538. The number of nitrogens with one attached hydrogen (secondary N) is 2. The summed E-state index contributed by atoms with van der Waals surface area (Å²) in [5, 5.41) is 2.90. The van der Waals surface area contributed by atoms with Crippen LogP contribution in [0.15, 0.2) is 16.9 Å². The summed E-state index contributed by atoms with van der Waals surface area (Å²) in [4.78, 5) is 26.4. The maximum Gasteiger partial charge on any atom is 0.260 e. The Hall–Kier alpha value is -1.33. The zero-order valence-electron chi connectivity index (χ0n) is 11.2. The van der Waals surface area contributed by atoms with E-state index in [9.17, 15) is 9.59 Å². The second-order valence-corrected chi connectivity index (χ2v) is 5.23. The number of aromatic nitrogens is 1. The minimum Gasteiger partial charge on any atom is -0.345 e. The Morgan fingerprint density at radius 2 is 2.16 bits per heavy atom. The molecule has 1 fully saturated rings. The fourth-order valence-electron chi connectivity index (χ4n) is 2.12. The van der Waals surface area contributed by atoms with Gasteiger partial charge >= 0.3 is 0 Å². The lowest BCUT2D eigenvalue weighted by Gasteiger charge is -2.29. The maximum absolute atomic E-state index is 12.1. The van der Waals surface area contributed by atoms with E-state index in [1.54, 1.807) is 19.1 Å². The molecule has 1 aliphatic carbocycles. The van der Waals surface area contributed by atoms with Gasteiger partial charge in [-0.15, -0.1) is 12.4 Å². The number of carbonyl (C=O) groups is 1. The molecule has 1 amide bonds. The van der Waals surface area contributed by atoms with Crippen LogP contribution in [0.3, 0.4) is 0 Å². The number of nitrogens with two attached hydrogens (primary N) is 1. The molecule has 1 saturated carbocycles. The monoisotopic (exact) mass is 285 g/mol. The van der Waals surface area contributed by atoms with E-state index in [2.05, 4.69) is 10.3 Å². The van der Waals surface area contributed by atoms with Crippen molar-refractivity contribution in [3.8, 4) is 0 Å². The Morgan fingerprint density at radius 1 is 1.53 bits per heavy atom. The van der Waals surface area contributed by atoms with Gasteiger partial charge in [0.1, 0.15) is 5.56 Å². The minimum atomic E-state index is -0.408. The number of halogens is 1. The molecule has 19 heavy (non-hydrogen) atoms. The summed E-state index contributed by atoms with van der Waals surface area (Å²) >= 11 is 0. The predicted octanol–water partition coefficient (Wildman–Crippen LogP) is 0.962. The van der Waals surface area contributed by atoms with Gasteiger partial charge < -0.3 is 16.0 Å². The molecule has 0 radical (unpaired) electrons. The highest BCUT2D eigenvalue weighted by molar-refractivity contribution is 5.94. The van der Waals surface area contributed by atoms with Gasteiger partial charge in [-0.3, -0.25) is 9.59 Å². The molecule has 2 rings (SSSR count). The topological polar surface area (TPSA) is 88.0 Å². The molecule has 1 heterocycles. The lowest BCUT2D eigenvalue weighted by Crippen LogP contribution is -2.53. The highest BCUT2D eigenvalue weighted by Gasteiger charge is 2.41. The molecule has 0 saturated heterocycles. The van der Waals surface area contributed by atoms with E-state index in [1.165, 1.54) is 0 Å². The van der Waals surface area contributed by atoms with Crippen LogP contribution < -0.4 is 16.6 Å². The first-order valence-corrected chi connectivity index (χ1v) is 6.19. The van der Waals surface area contributed by atoms with Crippen molar-refractivity contribution in [2.24, 2.45) is 11.7 Å². The molecule has 1 unspecified atom stereocenters. The molecule has 1 aromatic rings. The molecule has 0 spiro atoms. The van der Waals surface area contributed by atoms with Crippen molar-refractivity contribution in [3.63, 3.8) is 0 Å². The second-order valence-electron chi connectivity index (χ2n) is 5.23. The van der Waals surface area contributed by atoms with Crippen LogP contribution in [0.5, 0.6) is 0 Å². The van der Waals surface area contributed by atoms with Crippen molar-refractivity contribution in [1.82, 2.24) is 10.3 Å². The number of aryl methyl sites for hydroxylation is 1. The lowest BCUT2D eigenvalue weighted by molar-refractivity contribution is 0.0896. The van der Waals surface area contributed by atoms with Gasteiger partial charge in [0.15, 0.2) is 0 Å². The van der Waals surface area contributed by atoms with Crippen molar-refractivity contribution in [1.29, 1.82) is 0 Å². The molecule has 106 valence electrons. The molecule has 4 N–H and O–H groups in total. The number of hydrogen-bond donors (Lipinski definition) is 3. The molecule has 6 heteroatoms. The molecule has 5 nitrogen and oxygen atoms in total. The number of amides is 1. The normalized spacial score (nSPS) is 17.2. The molecule has 1 aliphatic rings. The Labute approximate surface area is 118 Å². The van der Waals surface area contributed by atoms with Crippen LogP contribution in [0.1, 0.15) is 35.8 Å². The summed E-state index contributed by atoms with van der Waals surface area (Å²) < 4.78 is 0. The SMILES string of the molecule is Cc1ccc(C(=O)NC(C)(CN)C2CC2)c(=O)[nH]1.Cl. The van der Waals surface area contributed by atoms with E-state index in [1.807, 2.05) is 6.92 Å². The Kier molecular flexibility index (Phi) is 4.76. The van der Waals surface area contributed by atoms with E-state index >= 15 is 0 Å². The molecule has 0 aliphatic heterocycles. The summed E-state index contributed by atoms with van der Waals surface area (Å²) in [6.07, 6.45) is 2.16. The van der Waals surface area contributed by atoms with Gasteiger partial charge in [-0.05, 0) is 44.7 Å². The third-order valence-electron chi connectivity index (χ3n) is 3.60. The average molecular weight is 286 g/mol. The molecular formula is C13H20ClN3O2. The minimum absolute atomic E-state index is 0. The van der Waals surface area contributed by atoms with Crippen LogP contribution in [-0.2, 0) is 0 Å². The Balaban J connectivity index is 0.00000180. The third-order valence-corrected chi connectivity index (χ3v) is 3.60. The van der Waals surface area contributed by atoms with E-state index in [0.29, 0.717) is 12.5 Å². The maximum atomic E-state index is 12.1. The van der Waals surface area contributed by atoms with Gasteiger partial charge in [0.05, 0.1) is 5.54 Å². The summed E-state index contributed by atoms with van der Waals surface area (Å²) in [6.45, 7) is 4.09. The average Bonchev–Trinajstić information content (AvgIpc) is 3.12. The van der Waals surface area contributed by atoms with Gasteiger partial charge in [-0.25, -0.2) is 0 Å². The third kappa shape index (κ3) is 3.36. The van der Waals surface area contributed by atoms with Gasteiger partial charge in [0, 0.05) is 12.2 Å². The number of aromatic amines is 1. The lowest BCUT2D eigenvalue weighted by atomic mass is 9.95. The fourth-order valence-corrected chi connectivity index (χ4v) is 2.12. The van der Waals surface area contributed by atoms with Crippen molar-refractivity contribution in [3.05, 3.63) is 33.7 Å². The quantitative estimate of drug-likeness (QED) is 0.770. The molecule has 1 atom stereocenters. The van der Waals surface area contributed by atoms with Crippen LogP contribution >= 0.6 is 12.4 Å². The second kappa shape index (κ2) is 5.75. The van der Waals surface area contributed by atoms with Crippen molar-refractivity contribution in [2.45, 2.75) is 32.2 Å². The number of hydrogen-bond acceptors (Lipinski definition) is 3. The highest BCUT2D eigenvalue weighted by Crippen LogP contribution is 2.39. The largest absolute Gasteiger partial charge is 0.345 e. The molecule has 0 aromatic carbocycles. The Morgan fingerprint density at radius 3 is 2.63 bits per heavy atom. The number of carbonyl (C=O) groups excluding carboxylic acids is 1. The Bertz CT molecular complexity index is 525. The summed E-state index contributed by atoms with van der Waals surface area (Å²) in [7, 11) is 0. The van der Waals surface area contributed by atoms with Crippen molar-refractivity contribution in [2.75, 3.05) is 6.54 Å². The van der Waals surface area contributed by atoms with Gasteiger partial charge in [0.25, 0.3) is 11.5 Å². The van der Waals surface area contributed by atoms with Crippen LogP contribution in [-0.4, -0.2) is 23.0 Å². The molecule has 1 aromatic heterocycles. The number of rotatable bonds is 4. The first kappa shape index (κ1) is 15.7. The first-order chi connectivity index (χ1) is 8.46. The van der Waals surface area contributed by atoms with Crippen LogP contribution in [0, 0.1) is 12.8 Å². The summed E-state index contributed by atoms with van der Waals surface area (Å²) in [5.74, 6) is 0.0760. The highest BCUT2D eigenvalue weighted by atomic mass is 35.5. The standard InChI is InChI=1S/C13H19N3O2.ClH/c1-8-3-6-10(11(17)15-8)12(18)16-13(2,7-14)9-4-5-9;/h3,6,9H,4-5,7,14H2,1-2H3,(H,15,17)(H,16,18);1H. The summed E-state index contributed by atoms with van der Waals surface area (Å²) in [6, 6.07) is 3.26. The van der Waals surface area contributed by atoms with Crippen LogP contribution in [0.4, 0.5) is 0 Å². The van der Waals surface area contributed by atoms with Crippen LogP contribution in [0.25, 0.3) is 0 Å². The van der Waals surface area contributed by atoms with Gasteiger partial charge in [-0.1, -0.05) is 0 Å². The molecular weight excluding hydrogens is 266 g/mol. The first-order valence-electron chi connectivity index (χ1n) is 6.19. The molecule has 0 bridgehead atoms. The summed E-state index contributed by atoms with van der Waals surface area (Å²) in [5.41, 5.74) is 5.85. The van der Waals surface area contributed by atoms with E-state index < -0.39 is 5.54 Å². The van der Waals surface area contributed by atoms with Gasteiger partial charge in [0.2, 0.25) is 0 Å². The number of pyridine rings is 1. The van der Waals surface area contributed by atoms with E-state index in [0.717, 1.165) is 18.5 Å². The zero-order chi connectivity index (χ0) is 13.3. The van der Waals surface area contributed by atoms with Gasteiger partial charge in [-0.2, -0.15) is 0 Å². The van der Waals surface area contributed by atoms with Crippen molar-refractivity contribution >= 4 is 18.3 Å². The predicted molar refractivity (Wildman–Crippen MR) is 76.7 cm³/mol. The zero-order valence-corrected chi connectivity index (χ0v) is 12.0.